The number of fused-ring (bicyclic) bond motifs is 1. The standard InChI is InChI=1S/C17H13FN4S/c1-11-4-2-3-5-14(11)16-19-20-17-22(16)21-15(10-23-17)12-6-8-13(18)9-7-12/h2-9H,10H2,1H3. The third kappa shape index (κ3) is 2.55. The van der Waals surface area contributed by atoms with Crippen LogP contribution in [0.5, 0.6) is 0 Å². The Bertz CT molecular complexity index is 899. The van der Waals surface area contributed by atoms with E-state index in [-0.39, 0.29) is 5.82 Å². The number of thioether (sulfide) groups is 1. The number of aryl methyl sites for hydroxylation is 1. The van der Waals surface area contributed by atoms with Gasteiger partial charge in [-0.05, 0) is 30.2 Å². The van der Waals surface area contributed by atoms with Crippen LogP contribution in [0.4, 0.5) is 4.39 Å². The number of halogens is 1. The molecule has 2 aromatic carbocycles. The fraction of sp³-hybridized carbons (Fsp3) is 0.118. The second-order valence-corrected chi connectivity index (χ2v) is 6.22. The normalized spacial score (nSPS) is 13.6. The van der Waals surface area contributed by atoms with Gasteiger partial charge in [0.05, 0.1) is 5.71 Å². The molecule has 0 N–H and O–H groups in total. The van der Waals surface area contributed by atoms with Crippen LogP contribution in [-0.2, 0) is 0 Å². The molecule has 2 heterocycles. The monoisotopic (exact) mass is 324 g/mol. The van der Waals surface area contributed by atoms with E-state index in [0.717, 1.165) is 33.4 Å². The Morgan fingerprint density at radius 3 is 2.61 bits per heavy atom. The molecule has 0 saturated carbocycles. The minimum absolute atomic E-state index is 0.247. The summed E-state index contributed by atoms with van der Waals surface area (Å²) in [5, 5.41) is 14.0. The summed E-state index contributed by atoms with van der Waals surface area (Å²) in [7, 11) is 0. The molecule has 0 aliphatic carbocycles. The van der Waals surface area contributed by atoms with Crippen molar-refractivity contribution in [1.29, 1.82) is 0 Å². The molecule has 0 fully saturated rings. The van der Waals surface area contributed by atoms with Gasteiger partial charge in [-0.15, -0.1) is 10.2 Å². The predicted octanol–water partition coefficient (Wildman–Crippen LogP) is 3.75. The molecule has 114 valence electrons. The Hall–Kier alpha value is -2.47. The predicted molar refractivity (Wildman–Crippen MR) is 89.3 cm³/mol. The summed E-state index contributed by atoms with van der Waals surface area (Å²) in [6.45, 7) is 2.04. The second kappa shape index (κ2) is 5.62. The summed E-state index contributed by atoms with van der Waals surface area (Å²) in [6, 6.07) is 14.4. The first kappa shape index (κ1) is 14.1. The summed E-state index contributed by atoms with van der Waals surface area (Å²) >= 11 is 1.58. The number of hydrogen-bond donors (Lipinski definition) is 0. The number of aromatic nitrogens is 3. The average Bonchev–Trinajstić information content (AvgIpc) is 2.99. The van der Waals surface area contributed by atoms with Crippen LogP contribution >= 0.6 is 11.8 Å². The van der Waals surface area contributed by atoms with Gasteiger partial charge in [-0.3, -0.25) is 0 Å². The molecule has 0 atom stereocenters. The van der Waals surface area contributed by atoms with Crippen LogP contribution in [0.2, 0.25) is 0 Å². The largest absolute Gasteiger partial charge is 0.212 e. The summed E-state index contributed by atoms with van der Waals surface area (Å²) in [4.78, 5) is 0. The van der Waals surface area contributed by atoms with Crippen LogP contribution in [0.1, 0.15) is 11.1 Å². The van der Waals surface area contributed by atoms with Crippen LogP contribution in [-0.4, -0.2) is 26.3 Å². The van der Waals surface area contributed by atoms with Crippen molar-refractivity contribution in [3.63, 3.8) is 0 Å². The maximum absolute atomic E-state index is 13.1. The fourth-order valence-corrected chi connectivity index (χ4v) is 3.34. The van der Waals surface area contributed by atoms with Crippen LogP contribution in [0.3, 0.4) is 0 Å². The first-order valence-corrected chi connectivity index (χ1v) is 8.19. The van der Waals surface area contributed by atoms with E-state index in [4.69, 9.17) is 0 Å². The molecule has 4 rings (SSSR count). The molecule has 0 radical (unpaired) electrons. The van der Waals surface area contributed by atoms with Gasteiger partial charge in [0.1, 0.15) is 5.82 Å². The van der Waals surface area contributed by atoms with E-state index in [0.29, 0.717) is 5.75 Å². The van der Waals surface area contributed by atoms with E-state index in [1.165, 1.54) is 12.1 Å². The van der Waals surface area contributed by atoms with Gasteiger partial charge >= 0.3 is 0 Å². The number of nitrogens with zero attached hydrogens (tertiary/aromatic N) is 4. The highest BCUT2D eigenvalue weighted by atomic mass is 32.2. The first-order valence-electron chi connectivity index (χ1n) is 7.20. The number of hydrogen-bond acceptors (Lipinski definition) is 4. The van der Waals surface area contributed by atoms with Crippen molar-refractivity contribution in [2.24, 2.45) is 5.10 Å². The Morgan fingerprint density at radius 2 is 1.83 bits per heavy atom. The minimum Gasteiger partial charge on any atom is -0.207 e. The first-order chi connectivity index (χ1) is 11.2. The van der Waals surface area contributed by atoms with Crippen LogP contribution in [0.25, 0.3) is 11.4 Å². The Balaban J connectivity index is 1.81. The lowest BCUT2D eigenvalue weighted by molar-refractivity contribution is 0.627. The second-order valence-electron chi connectivity index (χ2n) is 5.28. The highest BCUT2D eigenvalue weighted by molar-refractivity contribution is 7.99. The van der Waals surface area contributed by atoms with Crippen molar-refractivity contribution in [2.75, 3.05) is 5.75 Å². The topological polar surface area (TPSA) is 43.1 Å². The Morgan fingerprint density at radius 1 is 1.04 bits per heavy atom. The van der Waals surface area contributed by atoms with Crippen molar-refractivity contribution < 1.29 is 4.39 Å². The van der Waals surface area contributed by atoms with E-state index in [2.05, 4.69) is 15.3 Å². The molecule has 1 aliphatic rings. The van der Waals surface area contributed by atoms with E-state index in [1.54, 1.807) is 28.6 Å². The van der Waals surface area contributed by atoms with E-state index < -0.39 is 0 Å². The fourth-order valence-electron chi connectivity index (χ4n) is 2.50. The molecule has 1 aliphatic heterocycles. The average molecular weight is 324 g/mol. The van der Waals surface area contributed by atoms with Crippen molar-refractivity contribution >= 4 is 17.5 Å². The van der Waals surface area contributed by atoms with Gasteiger partial charge in [0.25, 0.3) is 0 Å². The molecule has 0 spiro atoms. The Labute approximate surface area is 137 Å². The molecule has 3 aromatic rings. The van der Waals surface area contributed by atoms with Crippen molar-refractivity contribution in [3.05, 3.63) is 65.5 Å². The lowest BCUT2D eigenvalue weighted by atomic mass is 10.1. The molecule has 0 bridgehead atoms. The molecular formula is C17H13FN4S. The van der Waals surface area contributed by atoms with Crippen LogP contribution < -0.4 is 0 Å². The lowest BCUT2D eigenvalue weighted by Gasteiger charge is -2.14. The summed E-state index contributed by atoms with van der Waals surface area (Å²) < 4.78 is 14.9. The van der Waals surface area contributed by atoms with Gasteiger partial charge in [0.2, 0.25) is 5.16 Å². The van der Waals surface area contributed by atoms with E-state index in [1.807, 2.05) is 31.2 Å². The molecule has 0 unspecified atom stereocenters. The van der Waals surface area contributed by atoms with E-state index >= 15 is 0 Å². The van der Waals surface area contributed by atoms with Gasteiger partial charge in [-0.2, -0.15) is 9.78 Å². The smallest absolute Gasteiger partial charge is 0.207 e. The zero-order chi connectivity index (χ0) is 15.8. The summed E-state index contributed by atoms with van der Waals surface area (Å²) in [5.74, 6) is 1.17. The summed E-state index contributed by atoms with van der Waals surface area (Å²) in [5.41, 5.74) is 3.93. The zero-order valence-electron chi connectivity index (χ0n) is 12.4. The van der Waals surface area contributed by atoms with E-state index in [9.17, 15) is 4.39 Å². The van der Waals surface area contributed by atoms with Gasteiger partial charge in [-0.1, -0.05) is 48.2 Å². The van der Waals surface area contributed by atoms with Gasteiger partial charge in [-0.25, -0.2) is 4.39 Å². The van der Waals surface area contributed by atoms with Crippen LogP contribution in [0, 0.1) is 12.7 Å². The Kier molecular flexibility index (Phi) is 3.46. The SMILES string of the molecule is Cc1ccccc1-c1nnc2n1N=C(c1ccc(F)cc1)CS2. The van der Waals surface area contributed by atoms with Crippen LogP contribution in [0.15, 0.2) is 58.8 Å². The molecule has 23 heavy (non-hydrogen) atoms. The molecule has 0 saturated heterocycles. The summed E-state index contributed by atoms with van der Waals surface area (Å²) in [6.07, 6.45) is 0. The molecule has 0 amide bonds. The minimum atomic E-state index is -0.247. The highest BCUT2D eigenvalue weighted by Crippen LogP contribution is 2.29. The zero-order valence-corrected chi connectivity index (χ0v) is 13.2. The van der Waals surface area contributed by atoms with Crippen molar-refractivity contribution in [3.8, 4) is 11.4 Å². The maximum atomic E-state index is 13.1. The molecule has 4 nitrogen and oxygen atoms in total. The van der Waals surface area contributed by atoms with Crippen molar-refractivity contribution in [2.45, 2.75) is 12.1 Å². The maximum Gasteiger partial charge on any atom is 0.212 e. The molecule has 1 aromatic heterocycles. The quantitative estimate of drug-likeness (QED) is 0.721. The van der Waals surface area contributed by atoms with Gasteiger partial charge in [0.15, 0.2) is 5.82 Å². The third-order valence-electron chi connectivity index (χ3n) is 3.73. The highest BCUT2D eigenvalue weighted by Gasteiger charge is 2.21. The van der Waals surface area contributed by atoms with Gasteiger partial charge in [0, 0.05) is 11.3 Å². The molecule has 6 heteroatoms. The third-order valence-corrected chi connectivity index (χ3v) is 4.66. The number of rotatable bonds is 2. The van der Waals surface area contributed by atoms with Gasteiger partial charge < -0.3 is 0 Å². The molecular weight excluding hydrogens is 311 g/mol. The van der Waals surface area contributed by atoms with Crippen molar-refractivity contribution in [1.82, 2.24) is 14.9 Å². The lowest BCUT2D eigenvalue weighted by Crippen LogP contribution is -2.13. The number of benzene rings is 2.